The number of aliphatic hydroxyl groups is 2. The number of aliphatic hydroxyl groups excluding tert-OH is 1. The highest BCUT2D eigenvalue weighted by molar-refractivity contribution is 8.23. The molecule has 0 bridgehead atoms. The highest BCUT2D eigenvalue weighted by Crippen LogP contribution is 2.67. The van der Waals surface area contributed by atoms with Crippen molar-refractivity contribution in [3.05, 3.63) is 23.8 Å². The van der Waals surface area contributed by atoms with Crippen LogP contribution in [-0.2, 0) is 14.3 Å². The topological polar surface area (TPSA) is 87.1 Å². The third kappa shape index (κ3) is 3.67. The Labute approximate surface area is 211 Å². The van der Waals surface area contributed by atoms with E-state index in [0.717, 1.165) is 37.9 Å². The number of nitrogens with zero attached hydrogens (tertiary/aromatic N) is 1. The fourth-order valence-corrected chi connectivity index (χ4v) is 9.09. The zero-order valence-corrected chi connectivity index (χ0v) is 21.6. The number of ether oxygens (including phenoxy) is 1. The van der Waals surface area contributed by atoms with Gasteiger partial charge in [0, 0.05) is 29.8 Å². The maximum atomic E-state index is 13.5. The first-order valence-electron chi connectivity index (χ1n) is 12.5. The number of rotatable bonds is 3. The summed E-state index contributed by atoms with van der Waals surface area (Å²) in [6, 6.07) is 0. The van der Waals surface area contributed by atoms with E-state index in [9.17, 15) is 19.8 Å². The van der Waals surface area contributed by atoms with Crippen LogP contribution in [0.3, 0.4) is 0 Å². The maximum absolute atomic E-state index is 13.5. The van der Waals surface area contributed by atoms with Gasteiger partial charge in [0.1, 0.15) is 9.92 Å². The molecule has 0 amide bonds. The van der Waals surface area contributed by atoms with Gasteiger partial charge in [0.2, 0.25) is 0 Å². The molecule has 4 fully saturated rings. The SMILES string of the molecule is CC12C=CC(=O)C=C1CCC1C2C(O)CC2(C)C1CCC2(O)C(=O)CSC(=S)N1CCOCC1. The van der Waals surface area contributed by atoms with E-state index in [-0.39, 0.29) is 40.5 Å². The number of fused-ring (bicyclic) bond motifs is 5. The van der Waals surface area contributed by atoms with Crippen molar-refractivity contribution in [2.24, 2.45) is 28.6 Å². The van der Waals surface area contributed by atoms with Crippen molar-refractivity contribution < 1.29 is 24.5 Å². The van der Waals surface area contributed by atoms with Gasteiger partial charge in [0.05, 0.1) is 25.1 Å². The van der Waals surface area contributed by atoms with Crippen LogP contribution in [0.1, 0.15) is 46.0 Å². The van der Waals surface area contributed by atoms with Crippen LogP contribution >= 0.6 is 24.0 Å². The summed E-state index contributed by atoms with van der Waals surface area (Å²) < 4.78 is 6.06. The number of thiocarbonyl (C=S) groups is 1. The zero-order valence-electron chi connectivity index (χ0n) is 20.0. The summed E-state index contributed by atoms with van der Waals surface area (Å²) >= 11 is 6.87. The monoisotopic (exact) mass is 505 g/mol. The normalized spacial score (nSPS) is 43.6. The number of carbonyl (C=O) groups is 2. The Hall–Kier alpha value is -1.06. The molecule has 5 aliphatic rings. The number of thioether (sulfide) groups is 1. The van der Waals surface area contributed by atoms with Crippen LogP contribution in [0.4, 0.5) is 0 Å². The minimum Gasteiger partial charge on any atom is -0.393 e. The molecule has 1 heterocycles. The molecule has 6 nitrogen and oxygen atoms in total. The Morgan fingerprint density at radius 3 is 2.76 bits per heavy atom. The number of Topliss-reactive ketones (excluding diaryl/α,β-unsaturated/α-hetero) is 1. The summed E-state index contributed by atoms with van der Waals surface area (Å²) in [4.78, 5) is 27.5. The van der Waals surface area contributed by atoms with Crippen LogP contribution in [0.15, 0.2) is 23.8 Å². The second-order valence-electron chi connectivity index (χ2n) is 11.2. The van der Waals surface area contributed by atoms with E-state index in [1.54, 1.807) is 12.2 Å². The predicted molar refractivity (Wildman–Crippen MR) is 135 cm³/mol. The van der Waals surface area contributed by atoms with E-state index in [1.165, 1.54) is 11.8 Å². The molecule has 4 aliphatic carbocycles. The molecule has 8 heteroatoms. The van der Waals surface area contributed by atoms with Crippen LogP contribution in [0, 0.1) is 28.6 Å². The molecule has 0 radical (unpaired) electrons. The van der Waals surface area contributed by atoms with Crippen molar-refractivity contribution in [1.82, 2.24) is 4.90 Å². The Bertz CT molecular complexity index is 959. The van der Waals surface area contributed by atoms with Gasteiger partial charge in [-0.25, -0.2) is 0 Å². The third-order valence-corrected chi connectivity index (χ3v) is 11.2. The molecule has 0 aromatic carbocycles. The number of morpholine rings is 1. The Balaban J connectivity index is 1.34. The molecule has 3 saturated carbocycles. The van der Waals surface area contributed by atoms with E-state index in [4.69, 9.17) is 17.0 Å². The Morgan fingerprint density at radius 1 is 1.29 bits per heavy atom. The van der Waals surface area contributed by atoms with E-state index in [0.29, 0.717) is 30.4 Å². The van der Waals surface area contributed by atoms with Gasteiger partial charge in [0.15, 0.2) is 11.6 Å². The zero-order chi connectivity index (χ0) is 24.3. The summed E-state index contributed by atoms with van der Waals surface area (Å²) in [7, 11) is 0. The summed E-state index contributed by atoms with van der Waals surface area (Å²) in [5.74, 6) is 0.363. The van der Waals surface area contributed by atoms with Crippen LogP contribution in [-0.4, -0.2) is 74.8 Å². The second-order valence-corrected chi connectivity index (χ2v) is 12.8. The first kappa shape index (κ1) is 24.6. The molecule has 0 aromatic heterocycles. The number of allylic oxidation sites excluding steroid dienone is 4. The van der Waals surface area contributed by atoms with Crippen molar-refractivity contribution in [2.75, 3.05) is 32.1 Å². The van der Waals surface area contributed by atoms with Crippen LogP contribution in [0.25, 0.3) is 0 Å². The van der Waals surface area contributed by atoms with E-state index >= 15 is 0 Å². The average molecular weight is 506 g/mol. The van der Waals surface area contributed by atoms with Crippen molar-refractivity contribution in [2.45, 2.75) is 57.7 Å². The predicted octanol–water partition coefficient (Wildman–Crippen LogP) is 2.92. The average Bonchev–Trinajstić information content (AvgIpc) is 3.09. The fourth-order valence-electron chi connectivity index (χ4n) is 7.87. The molecule has 2 N–H and O–H groups in total. The Kier molecular flexibility index (Phi) is 6.37. The summed E-state index contributed by atoms with van der Waals surface area (Å²) in [5, 5.41) is 23.3. The molecule has 34 heavy (non-hydrogen) atoms. The van der Waals surface area contributed by atoms with Crippen LogP contribution < -0.4 is 0 Å². The lowest BCUT2D eigenvalue weighted by molar-refractivity contribution is -0.174. The summed E-state index contributed by atoms with van der Waals surface area (Å²) in [6.07, 6.45) is 8.04. The second kappa shape index (κ2) is 8.80. The van der Waals surface area contributed by atoms with Gasteiger partial charge < -0.3 is 19.8 Å². The quantitative estimate of drug-likeness (QED) is 0.567. The standard InChI is InChI=1S/C26H35NO5S2/c1-24-7-5-17(28)13-16(24)3-4-18-19-6-8-26(31,25(19,2)14-20(29)22(18)24)21(30)15-34-23(33)27-9-11-32-12-10-27/h5,7,13,18-20,22,29,31H,3-4,6,8-12,14-15H2,1-2H3. The molecular weight excluding hydrogens is 470 g/mol. The molecule has 1 aliphatic heterocycles. The van der Waals surface area contributed by atoms with Crippen LogP contribution in [0.2, 0.25) is 0 Å². The highest BCUT2D eigenvalue weighted by Gasteiger charge is 2.68. The first-order chi connectivity index (χ1) is 16.1. The summed E-state index contributed by atoms with van der Waals surface area (Å²) in [5.41, 5.74) is -1.35. The van der Waals surface area contributed by atoms with Crippen molar-refractivity contribution in [3.63, 3.8) is 0 Å². The molecule has 5 rings (SSSR count). The first-order valence-corrected chi connectivity index (χ1v) is 13.9. The molecule has 1 saturated heterocycles. The molecular formula is C26H35NO5S2. The highest BCUT2D eigenvalue weighted by atomic mass is 32.2. The van der Waals surface area contributed by atoms with Gasteiger partial charge in [-0.2, -0.15) is 0 Å². The van der Waals surface area contributed by atoms with E-state index < -0.39 is 17.1 Å². The third-order valence-electron chi connectivity index (χ3n) is 9.71. The molecule has 0 aromatic rings. The van der Waals surface area contributed by atoms with Gasteiger partial charge in [-0.15, -0.1) is 0 Å². The molecule has 7 unspecified atom stereocenters. The van der Waals surface area contributed by atoms with Crippen molar-refractivity contribution in [3.8, 4) is 0 Å². The smallest absolute Gasteiger partial charge is 0.178 e. The number of carbonyl (C=O) groups excluding carboxylic acids is 2. The molecule has 0 spiro atoms. The minimum atomic E-state index is -1.45. The van der Waals surface area contributed by atoms with Gasteiger partial charge in [-0.05, 0) is 56.1 Å². The van der Waals surface area contributed by atoms with Gasteiger partial charge in [-0.3, -0.25) is 9.59 Å². The lowest BCUT2D eigenvalue weighted by Crippen LogP contribution is -2.61. The van der Waals surface area contributed by atoms with E-state index in [1.807, 2.05) is 13.0 Å². The van der Waals surface area contributed by atoms with Gasteiger partial charge in [-0.1, -0.05) is 49.5 Å². The van der Waals surface area contributed by atoms with Gasteiger partial charge >= 0.3 is 0 Å². The van der Waals surface area contributed by atoms with Crippen molar-refractivity contribution >= 4 is 39.9 Å². The molecule has 186 valence electrons. The maximum Gasteiger partial charge on any atom is 0.178 e. The lowest BCUT2D eigenvalue weighted by Gasteiger charge is -2.59. The van der Waals surface area contributed by atoms with Crippen molar-refractivity contribution in [1.29, 1.82) is 0 Å². The minimum absolute atomic E-state index is 0.00403. The number of hydrogen-bond acceptors (Lipinski definition) is 7. The van der Waals surface area contributed by atoms with Gasteiger partial charge in [0.25, 0.3) is 0 Å². The fraction of sp³-hybridized carbons (Fsp3) is 0.731. The number of ketones is 2. The molecule has 7 atom stereocenters. The van der Waals surface area contributed by atoms with Crippen LogP contribution in [0.5, 0.6) is 0 Å². The number of hydrogen-bond donors (Lipinski definition) is 2. The lowest BCUT2D eigenvalue weighted by atomic mass is 9.46. The Morgan fingerprint density at radius 2 is 2.03 bits per heavy atom. The largest absolute Gasteiger partial charge is 0.393 e. The summed E-state index contributed by atoms with van der Waals surface area (Å²) in [6.45, 7) is 6.89. The van der Waals surface area contributed by atoms with E-state index in [2.05, 4.69) is 11.8 Å².